The molecule has 0 bridgehead atoms. The molecule has 0 aliphatic carbocycles. The molecule has 2 atom stereocenters. The number of aromatic nitrogens is 3. The fourth-order valence-electron chi connectivity index (χ4n) is 6.59. The molecule has 5 heterocycles. The van der Waals surface area contributed by atoms with Crippen LogP contribution in [-0.2, 0) is 6.42 Å². The van der Waals surface area contributed by atoms with Crippen LogP contribution in [0.25, 0.3) is 32.9 Å². The zero-order chi connectivity index (χ0) is 27.6. The maximum Gasteiger partial charge on any atom is 0.319 e. The SMILES string of the molecule is CCc1c(F)ccc2cc(O)cc(-c3nc4c5c(nc(OC[C@@]67CCCN6C[C@H](F)C7)nc5c3F)NCCO4)c12. The first-order valence-corrected chi connectivity index (χ1v) is 13.6. The summed E-state index contributed by atoms with van der Waals surface area (Å²) in [5.74, 6) is -0.864. The van der Waals surface area contributed by atoms with Crippen molar-refractivity contribution >= 4 is 27.5 Å². The number of hydrogen-bond acceptors (Lipinski definition) is 8. The molecular weight excluding hydrogens is 523 g/mol. The minimum absolute atomic E-state index is 0.0384. The number of phenolic OH excluding ortho intramolecular Hbond substituents is 1. The first kappa shape index (κ1) is 25.1. The van der Waals surface area contributed by atoms with Crippen LogP contribution in [0.15, 0.2) is 24.3 Å². The van der Waals surface area contributed by atoms with Gasteiger partial charge in [-0.1, -0.05) is 13.0 Å². The molecular formula is C29H28F3N5O3. The molecule has 2 aromatic carbocycles. The molecule has 0 unspecified atom stereocenters. The second-order valence-electron chi connectivity index (χ2n) is 10.8. The molecule has 2 saturated heterocycles. The average molecular weight is 552 g/mol. The highest BCUT2D eigenvalue weighted by Gasteiger charge is 2.49. The zero-order valence-electron chi connectivity index (χ0n) is 21.9. The summed E-state index contributed by atoms with van der Waals surface area (Å²) >= 11 is 0. The summed E-state index contributed by atoms with van der Waals surface area (Å²) < 4.78 is 57.5. The predicted molar refractivity (Wildman–Crippen MR) is 144 cm³/mol. The molecule has 3 aliphatic rings. The lowest BCUT2D eigenvalue weighted by molar-refractivity contribution is 0.107. The molecule has 11 heteroatoms. The number of anilines is 1. The van der Waals surface area contributed by atoms with Crippen LogP contribution in [0.4, 0.5) is 19.0 Å². The second kappa shape index (κ2) is 9.36. The van der Waals surface area contributed by atoms with Gasteiger partial charge in [-0.15, -0.1) is 0 Å². The number of aryl methyl sites for hydroxylation is 1. The molecule has 0 spiro atoms. The maximum atomic E-state index is 16.5. The van der Waals surface area contributed by atoms with Gasteiger partial charge in [0.25, 0.3) is 0 Å². The largest absolute Gasteiger partial charge is 0.508 e. The lowest BCUT2D eigenvalue weighted by atomic mass is 9.94. The summed E-state index contributed by atoms with van der Waals surface area (Å²) in [6, 6.07) is 5.73. The van der Waals surface area contributed by atoms with Crippen LogP contribution >= 0.6 is 0 Å². The van der Waals surface area contributed by atoms with Gasteiger partial charge in [0.15, 0.2) is 5.82 Å². The average Bonchev–Trinajstić information content (AvgIpc) is 3.38. The number of aromatic hydroxyl groups is 1. The number of rotatable bonds is 5. The predicted octanol–water partition coefficient (Wildman–Crippen LogP) is 5.15. The Morgan fingerprint density at radius 3 is 2.92 bits per heavy atom. The highest BCUT2D eigenvalue weighted by atomic mass is 19.1. The fraction of sp³-hybridized carbons (Fsp3) is 0.414. The smallest absolute Gasteiger partial charge is 0.319 e. The molecule has 3 aliphatic heterocycles. The molecule has 40 heavy (non-hydrogen) atoms. The molecule has 208 valence electrons. The number of nitrogens with zero attached hydrogens (tertiary/aromatic N) is 4. The number of ether oxygens (including phenoxy) is 2. The lowest BCUT2D eigenvalue weighted by Crippen LogP contribution is -2.43. The Bertz CT molecular complexity index is 1670. The Kier molecular flexibility index (Phi) is 5.88. The van der Waals surface area contributed by atoms with E-state index in [0.29, 0.717) is 48.1 Å². The van der Waals surface area contributed by atoms with Crippen molar-refractivity contribution < 1.29 is 27.8 Å². The van der Waals surface area contributed by atoms with E-state index in [4.69, 9.17) is 9.47 Å². The molecule has 0 saturated carbocycles. The number of hydrogen-bond donors (Lipinski definition) is 2. The monoisotopic (exact) mass is 551 g/mol. The maximum absolute atomic E-state index is 16.5. The molecule has 7 rings (SSSR count). The standard InChI is InChI=1S/C29H28F3N5O3/c1-2-18-20(31)5-4-15-10-17(38)11-19(21(15)18)24-23(32)25-22-26(33-7-9-39-27(22)34-24)36-28(35-25)40-14-29-6-3-8-37(29)13-16(30)12-29/h4-5,10-11,16,38H,2-3,6-9,12-14H2,1H3,(H,33,35,36)/t16-,29+/m1/s1. The van der Waals surface area contributed by atoms with E-state index in [1.807, 2.05) is 6.92 Å². The van der Waals surface area contributed by atoms with Crippen molar-refractivity contribution in [3.63, 3.8) is 0 Å². The third kappa shape index (κ3) is 3.89. The quantitative estimate of drug-likeness (QED) is 0.352. The van der Waals surface area contributed by atoms with Gasteiger partial charge in [0.1, 0.15) is 53.4 Å². The second-order valence-corrected chi connectivity index (χ2v) is 10.8. The third-order valence-corrected chi connectivity index (χ3v) is 8.36. The molecule has 8 nitrogen and oxygen atoms in total. The summed E-state index contributed by atoms with van der Waals surface area (Å²) in [4.78, 5) is 15.6. The van der Waals surface area contributed by atoms with E-state index in [1.54, 1.807) is 6.07 Å². The zero-order valence-corrected chi connectivity index (χ0v) is 21.9. The first-order valence-electron chi connectivity index (χ1n) is 13.6. The molecule has 2 aromatic heterocycles. The molecule has 2 N–H and O–H groups in total. The van der Waals surface area contributed by atoms with Gasteiger partial charge >= 0.3 is 6.01 Å². The van der Waals surface area contributed by atoms with Crippen LogP contribution in [0.3, 0.4) is 0 Å². The summed E-state index contributed by atoms with van der Waals surface area (Å²) in [5, 5.41) is 14.9. The van der Waals surface area contributed by atoms with Gasteiger partial charge in [-0.05, 0) is 60.3 Å². The van der Waals surface area contributed by atoms with Crippen LogP contribution in [0.1, 0.15) is 31.7 Å². The van der Waals surface area contributed by atoms with E-state index >= 15 is 4.39 Å². The van der Waals surface area contributed by atoms with Crippen molar-refractivity contribution in [1.82, 2.24) is 19.9 Å². The molecule has 4 aromatic rings. The lowest BCUT2D eigenvalue weighted by Gasteiger charge is -2.30. The minimum atomic E-state index is -0.909. The Morgan fingerprint density at radius 1 is 1.20 bits per heavy atom. The van der Waals surface area contributed by atoms with Crippen LogP contribution in [0, 0.1) is 11.6 Å². The molecule has 0 amide bonds. The van der Waals surface area contributed by atoms with Crippen LogP contribution in [-0.4, -0.2) is 69.5 Å². The van der Waals surface area contributed by atoms with E-state index in [-0.39, 0.29) is 53.0 Å². The van der Waals surface area contributed by atoms with Crippen molar-refractivity contribution in [1.29, 1.82) is 0 Å². The Labute approximate surface area is 228 Å². The van der Waals surface area contributed by atoms with Crippen LogP contribution in [0.5, 0.6) is 17.6 Å². The van der Waals surface area contributed by atoms with Crippen molar-refractivity contribution in [2.75, 3.05) is 38.2 Å². The summed E-state index contributed by atoms with van der Waals surface area (Å²) in [7, 11) is 0. The minimum Gasteiger partial charge on any atom is -0.508 e. The van der Waals surface area contributed by atoms with E-state index in [1.165, 1.54) is 18.2 Å². The Hall–Kier alpha value is -3.86. The highest BCUT2D eigenvalue weighted by Crippen LogP contribution is 2.43. The number of alkyl halides is 1. The normalized spacial score (nSPS) is 22.2. The molecule has 2 fully saturated rings. The van der Waals surface area contributed by atoms with E-state index in [9.17, 15) is 13.9 Å². The van der Waals surface area contributed by atoms with Crippen molar-refractivity contribution in [2.24, 2.45) is 0 Å². The number of benzene rings is 2. The van der Waals surface area contributed by atoms with Crippen molar-refractivity contribution in [3.05, 3.63) is 41.5 Å². The Balaban J connectivity index is 1.39. The highest BCUT2D eigenvalue weighted by molar-refractivity contribution is 6.03. The number of fused-ring (bicyclic) bond motifs is 2. The van der Waals surface area contributed by atoms with Crippen molar-refractivity contribution in [3.8, 4) is 28.9 Å². The van der Waals surface area contributed by atoms with Gasteiger partial charge in [-0.3, -0.25) is 4.90 Å². The number of nitrogens with one attached hydrogen (secondary N) is 1. The first-order chi connectivity index (χ1) is 19.4. The van der Waals surface area contributed by atoms with Crippen LogP contribution in [0.2, 0.25) is 0 Å². The summed E-state index contributed by atoms with van der Waals surface area (Å²) in [6.07, 6.45) is 1.60. The fourth-order valence-corrected chi connectivity index (χ4v) is 6.59. The van der Waals surface area contributed by atoms with Gasteiger partial charge in [-0.2, -0.15) is 9.97 Å². The Morgan fingerprint density at radius 2 is 2.08 bits per heavy atom. The van der Waals surface area contributed by atoms with Gasteiger partial charge < -0.3 is 19.9 Å². The topological polar surface area (TPSA) is 92.6 Å². The molecule has 0 radical (unpaired) electrons. The summed E-state index contributed by atoms with van der Waals surface area (Å²) in [5.41, 5.74) is -0.00581. The van der Waals surface area contributed by atoms with E-state index < -0.39 is 23.3 Å². The number of phenols is 1. The van der Waals surface area contributed by atoms with Gasteiger partial charge in [-0.25, -0.2) is 18.2 Å². The summed E-state index contributed by atoms with van der Waals surface area (Å²) in [6.45, 7) is 3.84. The third-order valence-electron chi connectivity index (χ3n) is 8.36. The number of halogens is 3. The number of pyridine rings is 1. The van der Waals surface area contributed by atoms with Crippen LogP contribution < -0.4 is 14.8 Å². The van der Waals surface area contributed by atoms with E-state index in [0.717, 1.165) is 19.4 Å². The van der Waals surface area contributed by atoms with Gasteiger partial charge in [0.2, 0.25) is 5.88 Å². The van der Waals surface area contributed by atoms with Crippen molar-refractivity contribution in [2.45, 2.75) is 44.3 Å². The van der Waals surface area contributed by atoms with E-state index in [2.05, 4.69) is 25.2 Å². The van der Waals surface area contributed by atoms with Gasteiger partial charge in [0, 0.05) is 18.5 Å². The van der Waals surface area contributed by atoms with Gasteiger partial charge in [0.05, 0.1) is 12.1 Å².